The van der Waals surface area contributed by atoms with Gasteiger partial charge in [0.15, 0.2) is 0 Å². The standard InChI is InChI=1S/C12H17N5/c1-2-13-11-8-12(17-9-16-11)15-7-5-10-4-3-6-14-10/h3-4,6,8-9,14H,2,5,7H2,1H3,(H2,13,15,16,17). The van der Waals surface area contributed by atoms with E-state index in [2.05, 4.69) is 31.7 Å². The minimum Gasteiger partial charge on any atom is -0.370 e. The number of nitrogens with zero attached hydrogens (tertiary/aromatic N) is 2. The normalized spacial score (nSPS) is 10.2. The topological polar surface area (TPSA) is 65.6 Å². The van der Waals surface area contributed by atoms with Crippen LogP contribution in [0.2, 0.25) is 0 Å². The van der Waals surface area contributed by atoms with Crippen molar-refractivity contribution in [2.45, 2.75) is 13.3 Å². The number of rotatable bonds is 6. The highest BCUT2D eigenvalue weighted by Crippen LogP contribution is 2.08. The summed E-state index contributed by atoms with van der Waals surface area (Å²) in [7, 11) is 0. The van der Waals surface area contributed by atoms with Crippen molar-refractivity contribution in [1.82, 2.24) is 15.0 Å². The molecule has 0 atom stereocenters. The largest absolute Gasteiger partial charge is 0.370 e. The number of aromatic amines is 1. The Morgan fingerprint density at radius 1 is 1.24 bits per heavy atom. The molecular formula is C12H17N5. The van der Waals surface area contributed by atoms with Crippen LogP contribution in [-0.4, -0.2) is 28.0 Å². The van der Waals surface area contributed by atoms with Crippen molar-refractivity contribution in [3.05, 3.63) is 36.4 Å². The van der Waals surface area contributed by atoms with E-state index in [9.17, 15) is 0 Å². The lowest BCUT2D eigenvalue weighted by Crippen LogP contribution is -2.08. The van der Waals surface area contributed by atoms with Gasteiger partial charge in [-0.05, 0) is 19.1 Å². The second-order valence-corrected chi connectivity index (χ2v) is 3.69. The zero-order valence-corrected chi connectivity index (χ0v) is 9.90. The highest BCUT2D eigenvalue weighted by atomic mass is 15.1. The van der Waals surface area contributed by atoms with Crippen molar-refractivity contribution in [1.29, 1.82) is 0 Å². The van der Waals surface area contributed by atoms with Gasteiger partial charge in [0, 0.05) is 37.5 Å². The number of anilines is 2. The molecular weight excluding hydrogens is 214 g/mol. The minimum atomic E-state index is 0.850. The summed E-state index contributed by atoms with van der Waals surface area (Å²) in [5, 5.41) is 6.43. The van der Waals surface area contributed by atoms with E-state index in [0.717, 1.165) is 31.1 Å². The molecule has 3 N–H and O–H groups in total. The first-order valence-corrected chi connectivity index (χ1v) is 5.80. The van der Waals surface area contributed by atoms with Gasteiger partial charge in [0.05, 0.1) is 0 Å². The summed E-state index contributed by atoms with van der Waals surface area (Å²) < 4.78 is 0. The van der Waals surface area contributed by atoms with E-state index in [1.54, 1.807) is 6.33 Å². The van der Waals surface area contributed by atoms with Crippen LogP contribution in [0.4, 0.5) is 11.6 Å². The predicted octanol–water partition coefficient (Wildman–Crippen LogP) is 1.89. The summed E-state index contributed by atoms with van der Waals surface area (Å²) in [5.41, 5.74) is 1.22. The Morgan fingerprint density at radius 3 is 2.76 bits per heavy atom. The molecule has 0 bridgehead atoms. The zero-order valence-electron chi connectivity index (χ0n) is 9.90. The van der Waals surface area contributed by atoms with Gasteiger partial charge < -0.3 is 15.6 Å². The highest BCUT2D eigenvalue weighted by Gasteiger charge is 1.97. The van der Waals surface area contributed by atoms with Crippen molar-refractivity contribution >= 4 is 11.6 Å². The second-order valence-electron chi connectivity index (χ2n) is 3.69. The van der Waals surface area contributed by atoms with Crippen LogP contribution in [0.5, 0.6) is 0 Å². The molecule has 5 nitrogen and oxygen atoms in total. The van der Waals surface area contributed by atoms with Crippen LogP contribution in [0.3, 0.4) is 0 Å². The van der Waals surface area contributed by atoms with Crippen LogP contribution in [0.15, 0.2) is 30.7 Å². The van der Waals surface area contributed by atoms with E-state index in [1.807, 2.05) is 25.3 Å². The Labute approximate surface area is 101 Å². The van der Waals surface area contributed by atoms with Gasteiger partial charge >= 0.3 is 0 Å². The molecule has 0 aliphatic rings. The van der Waals surface area contributed by atoms with Gasteiger partial charge in [-0.15, -0.1) is 0 Å². The number of aromatic nitrogens is 3. The molecule has 90 valence electrons. The van der Waals surface area contributed by atoms with E-state index < -0.39 is 0 Å². The van der Waals surface area contributed by atoms with Gasteiger partial charge in [-0.3, -0.25) is 0 Å². The third-order valence-electron chi connectivity index (χ3n) is 2.39. The summed E-state index contributed by atoms with van der Waals surface area (Å²) in [6, 6.07) is 5.99. The molecule has 2 rings (SSSR count). The van der Waals surface area contributed by atoms with Crippen molar-refractivity contribution < 1.29 is 0 Å². The predicted molar refractivity (Wildman–Crippen MR) is 69.2 cm³/mol. The number of hydrogen-bond acceptors (Lipinski definition) is 4. The summed E-state index contributed by atoms with van der Waals surface area (Å²) in [4.78, 5) is 11.5. The first-order chi connectivity index (χ1) is 8.38. The van der Waals surface area contributed by atoms with Crippen LogP contribution in [0, 0.1) is 0 Å². The molecule has 2 heterocycles. The summed E-state index contributed by atoms with van der Waals surface area (Å²) in [6.45, 7) is 3.75. The smallest absolute Gasteiger partial charge is 0.131 e. The fraction of sp³-hybridized carbons (Fsp3) is 0.333. The summed E-state index contributed by atoms with van der Waals surface area (Å²) in [6.07, 6.45) is 4.45. The van der Waals surface area contributed by atoms with Crippen LogP contribution in [0.1, 0.15) is 12.6 Å². The average Bonchev–Trinajstić information content (AvgIpc) is 2.83. The van der Waals surface area contributed by atoms with Gasteiger partial charge in [0.2, 0.25) is 0 Å². The Morgan fingerprint density at radius 2 is 2.06 bits per heavy atom. The third-order valence-corrected chi connectivity index (χ3v) is 2.39. The molecule has 0 radical (unpaired) electrons. The van der Waals surface area contributed by atoms with E-state index in [-0.39, 0.29) is 0 Å². The maximum atomic E-state index is 4.17. The third kappa shape index (κ3) is 3.48. The lowest BCUT2D eigenvalue weighted by atomic mass is 10.3. The van der Waals surface area contributed by atoms with Gasteiger partial charge in [0.25, 0.3) is 0 Å². The lowest BCUT2D eigenvalue weighted by molar-refractivity contribution is 0.963. The number of nitrogens with one attached hydrogen (secondary N) is 3. The second kappa shape index (κ2) is 5.89. The molecule has 0 saturated carbocycles. The van der Waals surface area contributed by atoms with E-state index in [1.165, 1.54) is 5.69 Å². The molecule has 0 unspecified atom stereocenters. The number of H-pyrrole nitrogens is 1. The molecule has 0 fully saturated rings. The Hall–Kier alpha value is -2.04. The monoisotopic (exact) mass is 231 g/mol. The molecule has 0 aliphatic carbocycles. The first kappa shape index (κ1) is 11.4. The molecule has 0 amide bonds. The van der Waals surface area contributed by atoms with Crippen LogP contribution < -0.4 is 10.6 Å². The van der Waals surface area contributed by atoms with E-state index in [0.29, 0.717) is 0 Å². The van der Waals surface area contributed by atoms with Crippen molar-refractivity contribution in [2.75, 3.05) is 23.7 Å². The molecule has 0 aliphatic heterocycles. The Bertz CT molecular complexity index is 438. The highest BCUT2D eigenvalue weighted by molar-refractivity contribution is 5.46. The minimum absolute atomic E-state index is 0.850. The molecule has 17 heavy (non-hydrogen) atoms. The van der Waals surface area contributed by atoms with E-state index >= 15 is 0 Å². The van der Waals surface area contributed by atoms with E-state index in [4.69, 9.17) is 0 Å². The zero-order chi connectivity index (χ0) is 11.9. The fourth-order valence-electron chi connectivity index (χ4n) is 1.58. The summed E-state index contributed by atoms with van der Waals surface area (Å²) in [5.74, 6) is 1.70. The van der Waals surface area contributed by atoms with Gasteiger partial charge in [-0.1, -0.05) is 0 Å². The SMILES string of the molecule is CCNc1cc(NCCc2ccc[nH]2)ncn1. The van der Waals surface area contributed by atoms with Crippen molar-refractivity contribution in [3.63, 3.8) is 0 Å². The average molecular weight is 231 g/mol. The fourth-order valence-corrected chi connectivity index (χ4v) is 1.58. The Balaban J connectivity index is 1.84. The van der Waals surface area contributed by atoms with Crippen LogP contribution >= 0.6 is 0 Å². The maximum absolute atomic E-state index is 4.17. The van der Waals surface area contributed by atoms with Gasteiger partial charge in [-0.25, -0.2) is 9.97 Å². The summed E-state index contributed by atoms with van der Waals surface area (Å²) >= 11 is 0. The lowest BCUT2D eigenvalue weighted by Gasteiger charge is -2.06. The van der Waals surface area contributed by atoms with Gasteiger partial charge in [-0.2, -0.15) is 0 Å². The first-order valence-electron chi connectivity index (χ1n) is 5.80. The quantitative estimate of drug-likeness (QED) is 0.710. The van der Waals surface area contributed by atoms with Crippen molar-refractivity contribution in [2.24, 2.45) is 0 Å². The van der Waals surface area contributed by atoms with Gasteiger partial charge in [0.1, 0.15) is 18.0 Å². The molecule has 0 saturated heterocycles. The Kier molecular flexibility index (Phi) is 3.96. The molecule has 2 aromatic heterocycles. The number of hydrogen-bond donors (Lipinski definition) is 3. The molecule has 0 spiro atoms. The molecule has 2 aromatic rings. The molecule has 5 heteroatoms. The van der Waals surface area contributed by atoms with Crippen molar-refractivity contribution in [3.8, 4) is 0 Å². The maximum Gasteiger partial charge on any atom is 0.131 e. The molecule has 0 aromatic carbocycles. The van der Waals surface area contributed by atoms with Crippen LogP contribution in [-0.2, 0) is 6.42 Å². The van der Waals surface area contributed by atoms with Crippen LogP contribution in [0.25, 0.3) is 0 Å².